The Morgan fingerprint density at radius 3 is 2.63 bits per heavy atom. The number of ether oxygens (including phenoxy) is 5. The maximum atomic E-state index is 11.9. The summed E-state index contributed by atoms with van der Waals surface area (Å²) in [5.74, 6) is 2.17. The van der Waals surface area contributed by atoms with Gasteiger partial charge in [0.25, 0.3) is 0 Å². The number of halogens is 1. The number of esters is 1. The minimum absolute atomic E-state index is 0.109. The summed E-state index contributed by atoms with van der Waals surface area (Å²) in [6, 6.07) is 10.7. The zero-order valence-electron chi connectivity index (χ0n) is 15.0. The third-order valence-electron chi connectivity index (χ3n) is 3.90. The first-order valence-corrected chi connectivity index (χ1v) is 9.04. The highest BCUT2D eigenvalue weighted by atomic mass is 35.5. The van der Waals surface area contributed by atoms with Crippen LogP contribution in [-0.2, 0) is 16.1 Å². The molecular weight excluding hydrogens is 372 g/mol. The van der Waals surface area contributed by atoms with Crippen molar-refractivity contribution in [3.63, 3.8) is 0 Å². The molecule has 0 amide bonds. The minimum Gasteiger partial charge on any atom is -0.497 e. The van der Waals surface area contributed by atoms with Crippen LogP contribution in [0.1, 0.15) is 18.4 Å². The summed E-state index contributed by atoms with van der Waals surface area (Å²) in [4.78, 5) is 11.9. The monoisotopic (exact) mass is 392 g/mol. The third kappa shape index (κ3) is 5.44. The van der Waals surface area contributed by atoms with E-state index in [9.17, 15) is 4.79 Å². The number of rotatable bonds is 7. The molecule has 0 atom stereocenters. The topological polar surface area (TPSA) is 63.2 Å². The summed E-state index contributed by atoms with van der Waals surface area (Å²) in [7, 11) is 1.60. The Hall–Kier alpha value is -2.60. The molecule has 1 aliphatic rings. The van der Waals surface area contributed by atoms with Crippen LogP contribution in [0.15, 0.2) is 36.4 Å². The van der Waals surface area contributed by atoms with E-state index in [1.807, 2.05) is 0 Å². The van der Waals surface area contributed by atoms with Gasteiger partial charge in [0, 0.05) is 6.42 Å². The number of carbonyl (C=O) groups is 1. The summed E-state index contributed by atoms with van der Waals surface area (Å²) in [6.45, 7) is 1.47. The molecule has 0 aromatic heterocycles. The second kappa shape index (κ2) is 9.37. The van der Waals surface area contributed by atoms with E-state index in [0.29, 0.717) is 35.5 Å². The quantitative estimate of drug-likeness (QED) is 0.663. The zero-order chi connectivity index (χ0) is 19.1. The van der Waals surface area contributed by atoms with Crippen LogP contribution in [-0.4, -0.2) is 32.9 Å². The highest BCUT2D eigenvalue weighted by Crippen LogP contribution is 2.38. The molecule has 0 radical (unpaired) electrons. The van der Waals surface area contributed by atoms with Crippen LogP contribution in [0.5, 0.6) is 23.0 Å². The molecule has 2 aromatic carbocycles. The van der Waals surface area contributed by atoms with Gasteiger partial charge in [0.15, 0.2) is 11.5 Å². The fourth-order valence-electron chi connectivity index (χ4n) is 2.53. The van der Waals surface area contributed by atoms with Gasteiger partial charge >= 0.3 is 5.97 Å². The molecule has 0 saturated carbocycles. The predicted octanol–water partition coefficient (Wildman–Crippen LogP) is 4.02. The molecule has 0 fully saturated rings. The van der Waals surface area contributed by atoms with E-state index in [4.69, 9.17) is 35.3 Å². The largest absolute Gasteiger partial charge is 0.497 e. The van der Waals surface area contributed by atoms with E-state index in [1.54, 1.807) is 43.5 Å². The number of fused-ring (bicyclic) bond motifs is 1. The highest BCUT2D eigenvalue weighted by molar-refractivity contribution is 6.32. The SMILES string of the molecule is COc1ccc(OCCC(=O)OCc2cc(Cl)c3c(c2)OCCCO3)cc1. The van der Waals surface area contributed by atoms with Crippen LogP contribution in [0.2, 0.25) is 5.02 Å². The second-order valence-electron chi connectivity index (χ2n) is 5.89. The van der Waals surface area contributed by atoms with Gasteiger partial charge in [-0.1, -0.05) is 11.6 Å². The van der Waals surface area contributed by atoms with Crippen molar-refractivity contribution in [2.45, 2.75) is 19.4 Å². The van der Waals surface area contributed by atoms with Gasteiger partial charge in [0.05, 0.1) is 38.4 Å². The summed E-state index contributed by atoms with van der Waals surface area (Å²) >= 11 is 6.23. The van der Waals surface area contributed by atoms with E-state index < -0.39 is 0 Å². The lowest BCUT2D eigenvalue weighted by Gasteiger charge is -2.12. The molecule has 6 nitrogen and oxygen atoms in total. The van der Waals surface area contributed by atoms with Crippen LogP contribution in [0.4, 0.5) is 0 Å². The summed E-state index contributed by atoms with van der Waals surface area (Å²) in [5, 5.41) is 0.447. The van der Waals surface area contributed by atoms with Gasteiger partial charge in [0.1, 0.15) is 18.1 Å². The van der Waals surface area contributed by atoms with Crippen molar-refractivity contribution in [1.29, 1.82) is 0 Å². The highest BCUT2D eigenvalue weighted by Gasteiger charge is 2.16. The van der Waals surface area contributed by atoms with E-state index in [0.717, 1.165) is 17.7 Å². The number of hydrogen-bond acceptors (Lipinski definition) is 6. The number of benzene rings is 2. The normalized spacial score (nSPS) is 12.8. The average molecular weight is 393 g/mol. The van der Waals surface area contributed by atoms with Crippen LogP contribution in [0.3, 0.4) is 0 Å². The van der Waals surface area contributed by atoms with E-state index in [1.165, 1.54) is 0 Å². The fraction of sp³-hybridized carbons (Fsp3) is 0.350. The van der Waals surface area contributed by atoms with Crippen molar-refractivity contribution in [3.8, 4) is 23.0 Å². The maximum absolute atomic E-state index is 11.9. The molecule has 0 saturated heterocycles. The molecule has 0 unspecified atom stereocenters. The third-order valence-corrected chi connectivity index (χ3v) is 4.18. The second-order valence-corrected chi connectivity index (χ2v) is 6.30. The Kier molecular flexibility index (Phi) is 6.65. The lowest BCUT2D eigenvalue weighted by atomic mass is 10.2. The van der Waals surface area contributed by atoms with Crippen LogP contribution in [0, 0.1) is 0 Å². The van der Waals surface area contributed by atoms with Gasteiger partial charge in [-0.15, -0.1) is 0 Å². The van der Waals surface area contributed by atoms with Crippen molar-refractivity contribution in [2.24, 2.45) is 0 Å². The molecule has 0 bridgehead atoms. The molecule has 7 heteroatoms. The summed E-state index contributed by atoms with van der Waals surface area (Å²) < 4.78 is 27.1. The minimum atomic E-state index is -0.355. The Morgan fingerprint density at radius 2 is 1.85 bits per heavy atom. The maximum Gasteiger partial charge on any atom is 0.309 e. The van der Waals surface area contributed by atoms with E-state index >= 15 is 0 Å². The first-order valence-electron chi connectivity index (χ1n) is 8.66. The summed E-state index contributed by atoms with van der Waals surface area (Å²) in [6.07, 6.45) is 0.938. The Balaban J connectivity index is 1.46. The van der Waals surface area contributed by atoms with Gasteiger partial charge in [-0.25, -0.2) is 0 Å². The molecule has 27 heavy (non-hydrogen) atoms. The molecule has 2 aromatic rings. The lowest BCUT2D eigenvalue weighted by molar-refractivity contribution is -0.145. The van der Waals surface area contributed by atoms with Gasteiger partial charge in [0.2, 0.25) is 0 Å². The molecule has 0 spiro atoms. The van der Waals surface area contributed by atoms with Crippen molar-refractivity contribution in [1.82, 2.24) is 0 Å². The first kappa shape index (κ1) is 19.2. The van der Waals surface area contributed by atoms with Crippen LogP contribution in [0.25, 0.3) is 0 Å². The van der Waals surface area contributed by atoms with Gasteiger partial charge in [-0.05, 0) is 42.0 Å². The van der Waals surface area contributed by atoms with Gasteiger partial charge in [-0.2, -0.15) is 0 Å². The molecular formula is C20H21ClO6. The van der Waals surface area contributed by atoms with E-state index in [2.05, 4.69) is 0 Å². The Bertz CT molecular complexity index is 775. The number of hydrogen-bond donors (Lipinski definition) is 0. The Labute approximate surface area is 162 Å². The van der Waals surface area contributed by atoms with Gasteiger partial charge < -0.3 is 23.7 Å². The van der Waals surface area contributed by atoms with E-state index in [-0.39, 0.29) is 25.6 Å². The average Bonchev–Trinajstić information content (AvgIpc) is 2.93. The van der Waals surface area contributed by atoms with Crippen molar-refractivity contribution in [3.05, 3.63) is 47.0 Å². The van der Waals surface area contributed by atoms with Crippen molar-refractivity contribution < 1.29 is 28.5 Å². The molecule has 0 aliphatic carbocycles. The van der Waals surface area contributed by atoms with Gasteiger partial charge in [-0.3, -0.25) is 4.79 Å². The standard InChI is InChI=1S/C20H21ClO6/c1-23-15-3-5-16(6-4-15)24-10-7-19(22)27-13-14-11-17(21)20-18(12-14)25-8-2-9-26-20/h3-6,11-12H,2,7-10,13H2,1H3. The Morgan fingerprint density at radius 1 is 1.11 bits per heavy atom. The summed E-state index contributed by atoms with van der Waals surface area (Å²) in [5.41, 5.74) is 0.744. The number of methoxy groups -OCH3 is 1. The first-order chi connectivity index (χ1) is 13.2. The lowest BCUT2D eigenvalue weighted by Crippen LogP contribution is -2.10. The molecule has 1 aliphatic heterocycles. The fourth-order valence-corrected chi connectivity index (χ4v) is 2.82. The molecule has 3 rings (SSSR count). The van der Waals surface area contributed by atoms with Crippen LogP contribution >= 0.6 is 11.6 Å². The molecule has 1 heterocycles. The van der Waals surface area contributed by atoms with Crippen LogP contribution < -0.4 is 18.9 Å². The number of carbonyl (C=O) groups excluding carboxylic acids is 1. The zero-order valence-corrected chi connectivity index (χ0v) is 15.8. The molecule has 0 N–H and O–H groups in total. The molecule has 144 valence electrons. The van der Waals surface area contributed by atoms with Crippen molar-refractivity contribution >= 4 is 17.6 Å². The predicted molar refractivity (Wildman–Crippen MR) is 100.0 cm³/mol. The van der Waals surface area contributed by atoms with Crippen molar-refractivity contribution in [2.75, 3.05) is 26.9 Å². The smallest absolute Gasteiger partial charge is 0.309 e.